The van der Waals surface area contributed by atoms with Gasteiger partial charge in [0.2, 0.25) is 0 Å². The number of nitrogens with zero attached hydrogens (tertiary/aromatic N) is 3. The van der Waals surface area contributed by atoms with E-state index in [1.165, 1.54) is 0 Å². The molecule has 1 aromatic rings. The minimum absolute atomic E-state index is 0. The first-order chi connectivity index (χ1) is 11.6. The fourth-order valence-corrected chi connectivity index (χ4v) is 3.01. The van der Waals surface area contributed by atoms with Crippen LogP contribution in [0.1, 0.15) is 24.9 Å². The van der Waals surface area contributed by atoms with Gasteiger partial charge >= 0.3 is 0 Å². The van der Waals surface area contributed by atoms with E-state index in [9.17, 15) is 5.11 Å². The molecule has 0 amide bonds. The Morgan fingerprint density at radius 2 is 2.16 bits per heavy atom. The molecular weight excluding hydrogens is 431 g/mol. The fraction of sp³-hybridized carbons (Fsp3) is 0.611. The third-order valence-corrected chi connectivity index (χ3v) is 4.33. The van der Waals surface area contributed by atoms with Crippen LogP contribution in [0.5, 0.6) is 5.75 Å². The number of benzene rings is 1. The number of halogens is 1. The zero-order chi connectivity index (χ0) is 17.5. The highest BCUT2D eigenvalue weighted by Crippen LogP contribution is 2.28. The highest BCUT2D eigenvalue weighted by Gasteiger charge is 2.24. The van der Waals surface area contributed by atoms with E-state index in [-0.39, 0.29) is 36.1 Å². The van der Waals surface area contributed by atoms with Gasteiger partial charge in [-0.05, 0) is 33.5 Å². The van der Waals surface area contributed by atoms with Crippen LogP contribution < -0.4 is 10.1 Å². The first-order valence-corrected chi connectivity index (χ1v) is 8.57. The summed E-state index contributed by atoms with van der Waals surface area (Å²) in [7, 11) is 5.81. The van der Waals surface area contributed by atoms with Crippen molar-refractivity contribution in [2.45, 2.75) is 25.5 Å². The Kier molecular flexibility index (Phi) is 9.52. The van der Waals surface area contributed by atoms with Crippen molar-refractivity contribution < 1.29 is 9.84 Å². The standard InChI is InChI=1S/C18H30N4O2.HI/c1-5-19-18(22-11-10-14(23)13-22)20-12-16(21(2)3)15-8-6-7-9-17(15)24-4;/h6-9,14,16,23H,5,10-13H2,1-4H3,(H,19,20);1H/t14-,16?;/m1./s1. The van der Waals surface area contributed by atoms with Crippen LogP contribution >= 0.6 is 24.0 Å². The van der Waals surface area contributed by atoms with Crippen LogP contribution in [0.4, 0.5) is 0 Å². The molecule has 1 heterocycles. The zero-order valence-corrected chi connectivity index (χ0v) is 17.9. The van der Waals surface area contributed by atoms with Crippen molar-refractivity contribution in [2.24, 2.45) is 4.99 Å². The Hall–Kier alpha value is -1.06. The monoisotopic (exact) mass is 462 g/mol. The van der Waals surface area contributed by atoms with E-state index in [0.29, 0.717) is 13.1 Å². The maximum atomic E-state index is 9.78. The summed E-state index contributed by atoms with van der Waals surface area (Å²) in [6.45, 7) is 4.99. The van der Waals surface area contributed by atoms with Gasteiger partial charge in [-0.1, -0.05) is 18.2 Å². The quantitative estimate of drug-likeness (QED) is 0.385. The van der Waals surface area contributed by atoms with Gasteiger partial charge < -0.3 is 25.0 Å². The molecule has 2 atom stereocenters. The Labute approximate surface area is 168 Å². The Morgan fingerprint density at radius 3 is 2.72 bits per heavy atom. The van der Waals surface area contributed by atoms with E-state index >= 15 is 0 Å². The van der Waals surface area contributed by atoms with Gasteiger partial charge in [-0.15, -0.1) is 24.0 Å². The summed E-state index contributed by atoms with van der Waals surface area (Å²) in [6.07, 6.45) is 0.543. The second-order valence-electron chi connectivity index (χ2n) is 6.30. The van der Waals surface area contributed by atoms with Gasteiger partial charge in [0.05, 0.1) is 25.8 Å². The number of aliphatic imine (C=N–C) groups is 1. The van der Waals surface area contributed by atoms with Crippen molar-refractivity contribution in [3.63, 3.8) is 0 Å². The van der Waals surface area contributed by atoms with Gasteiger partial charge in [0, 0.05) is 25.2 Å². The molecule has 1 aromatic carbocycles. The molecule has 6 nitrogen and oxygen atoms in total. The zero-order valence-electron chi connectivity index (χ0n) is 15.6. The van der Waals surface area contributed by atoms with Crippen molar-refractivity contribution >= 4 is 29.9 Å². The van der Waals surface area contributed by atoms with E-state index in [1.807, 2.05) is 18.2 Å². The second kappa shape index (κ2) is 10.8. The molecule has 7 heteroatoms. The van der Waals surface area contributed by atoms with Gasteiger partial charge in [0.15, 0.2) is 5.96 Å². The Bertz CT molecular complexity index is 554. The topological polar surface area (TPSA) is 60.3 Å². The van der Waals surface area contributed by atoms with Gasteiger partial charge in [-0.2, -0.15) is 0 Å². The summed E-state index contributed by atoms with van der Waals surface area (Å²) in [6, 6.07) is 8.21. The minimum Gasteiger partial charge on any atom is -0.496 e. The lowest BCUT2D eigenvalue weighted by molar-refractivity contribution is 0.187. The first kappa shape index (κ1) is 22.0. The molecular formula is C18H31IN4O2. The molecule has 1 fully saturated rings. The number of aliphatic hydroxyl groups excluding tert-OH is 1. The number of hydrogen-bond donors (Lipinski definition) is 2. The number of methoxy groups -OCH3 is 1. The van der Waals surface area contributed by atoms with Gasteiger partial charge in [-0.3, -0.25) is 4.99 Å². The fourth-order valence-electron chi connectivity index (χ4n) is 3.01. The second-order valence-corrected chi connectivity index (χ2v) is 6.30. The molecule has 1 unspecified atom stereocenters. The number of aliphatic hydroxyl groups is 1. The van der Waals surface area contributed by atoms with Crippen LogP contribution in [0, 0.1) is 0 Å². The van der Waals surface area contributed by atoms with Crippen molar-refractivity contribution in [3.8, 4) is 5.75 Å². The number of ether oxygens (including phenoxy) is 1. The molecule has 2 N–H and O–H groups in total. The maximum Gasteiger partial charge on any atom is 0.194 e. The van der Waals surface area contributed by atoms with E-state index in [4.69, 9.17) is 9.73 Å². The summed E-state index contributed by atoms with van der Waals surface area (Å²) in [4.78, 5) is 9.11. The number of likely N-dealkylation sites (tertiary alicyclic amines) is 1. The lowest BCUT2D eigenvalue weighted by Crippen LogP contribution is -2.41. The molecule has 0 radical (unpaired) electrons. The van der Waals surface area contributed by atoms with Crippen LogP contribution in [0.25, 0.3) is 0 Å². The number of β-amino-alcohol motifs (C(OH)–C–C–N with tert-alkyl or cyclic N) is 1. The Balaban J connectivity index is 0.00000312. The molecule has 0 aromatic heterocycles. The molecule has 25 heavy (non-hydrogen) atoms. The number of guanidine groups is 1. The molecule has 1 saturated heterocycles. The average Bonchev–Trinajstić information content (AvgIpc) is 3.00. The smallest absolute Gasteiger partial charge is 0.194 e. The van der Waals surface area contributed by atoms with Crippen LogP contribution in [0.15, 0.2) is 29.3 Å². The van der Waals surface area contributed by atoms with Crippen LogP contribution in [-0.2, 0) is 0 Å². The summed E-state index contributed by atoms with van der Waals surface area (Å²) in [5.41, 5.74) is 1.13. The summed E-state index contributed by atoms with van der Waals surface area (Å²) in [5.74, 6) is 1.75. The molecule has 1 aliphatic rings. The third kappa shape index (κ3) is 6.00. The molecule has 0 saturated carbocycles. The SMILES string of the molecule is CCNC(=NCC(c1ccccc1OC)N(C)C)N1CC[C@@H](O)C1.I. The van der Waals surface area contributed by atoms with Crippen molar-refractivity contribution in [1.82, 2.24) is 15.1 Å². The highest BCUT2D eigenvalue weighted by molar-refractivity contribution is 14.0. The van der Waals surface area contributed by atoms with Crippen LogP contribution in [-0.4, -0.2) is 74.4 Å². The summed E-state index contributed by atoms with van der Waals surface area (Å²) >= 11 is 0. The van der Waals surface area contributed by atoms with Gasteiger partial charge in [-0.25, -0.2) is 0 Å². The lowest BCUT2D eigenvalue weighted by Gasteiger charge is -2.26. The number of likely N-dealkylation sites (N-methyl/N-ethyl adjacent to an activating group) is 1. The summed E-state index contributed by atoms with van der Waals surface area (Å²) in [5, 5.41) is 13.1. The third-order valence-electron chi connectivity index (χ3n) is 4.33. The van der Waals surface area contributed by atoms with E-state index in [0.717, 1.165) is 36.8 Å². The predicted molar refractivity (Wildman–Crippen MR) is 113 cm³/mol. The first-order valence-electron chi connectivity index (χ1n) is 8.57. The number of nitrogens with one attached hydrogen (secondary N) is 1. The molecule has 2 rings (SSSR count). The van der Waals surface area contributed by atoms with Crippen molar-refractivity contribution in [3.05, 3.63) is 29.8 Å². The molecule has 142 valence electrons. The van der Waals surface area contributed by atoms with Crippen LogP contribution in [0.3, 0.4) is 0 Å². The Morgan fingerprint density at radius 1 is 1.44 bits per heavy atom. The molecule has 0 spiro atoms. The number of hydrogen-bond acceptors (Lipinski definition) is 4. The predicted octanol–water partition coefficient (Wildman–Crippen LogP) is 1.95. The van der Waals surface area contributed by atoms with E-state index < -0.39 is 0 Å². The molecule has 0 aliphatic carbocycles. The maximum absolute atomic E-state index is 9.78. The van der Waals surface area contributed by atoms with E-state index in [1.54, 1.807) is 7.11 Å². The normalized spacial score (nSPS) is 18.9. The lowest BCUT2D eigenvalue weighted by atomic mass is 10.0. The highest BCUT2D eigenvalue weighted by atomic mass is 127. The van der Waals surface area contributed by atoms with Crippen LogP contribution in [0.2, 0.25) is 0 Å². The molecule has 1 aliphatic heterocycles. The van der Waals surface area contributed by atoms with E-state index in [2.05, 4.69) is 42.2 Å². The van der Waals surface area contributed by atoms with Gasteiger partial charge in [0.1, 0.15) is 5.75 Å². The number of para-hydroxylation sites is 1. The molecule has 0 bridgehead atoms. The minimum atomic E-state index is -0.257. The van der Waals surface area contributed by atoms with Crippen molar-refractivity contribution in [1.29, 1.82) is 0 Å². The largest absolute Gasteiger partial charge is 0.496 e. The summed E-state index contributed by atoms with van der Waals surface area (Å²) < 4.78 is 5.51. The average molecular weight is 462 g/mol. The number of rotatable bonds is 6. The van der Waals surface area contributed by atoms with Gasteiger partial charge in [0.25, 0.3) is 0 Å². The van der Waals surface area contributed by atoms with Crippen molar-refractivity contribution in [2.75, 3.05) is 47.4 Å².